The molecular weight excluding hydrogens is 457 g/mol. The summed E-state index contributed by atoms with van der Waals surface area (Å²) in [5.41, 5.74) is -0.427. The molecule has 0 radical (unpaired) electrons. The number of rotatable bonds is 4. The molecule has 2 aromatic carbocycles. The van der Waals surface area contributed by atoms with Crippen LogP contribution in [-0.2, 0) is 15.1 Å². The second-order valence-electron chi connectivity index (χ2n) is 6.10. The summed E-state index contributed by atoms with van der Waals surface area (Å²) in [7, 11) is 0. The van der Waals surface area contributed by atoms with Gasteiger partial charge in [0.05, 0.1) is 15.7 Å². The maximum atomic E-state index is 12.9. The van der Waals surface area contributed by atoms with Crippen LogP contribution in [0.15, 0.2) is 46.9 Å². The lowest BCUT2D eigenvalue weighted by molar-refractivity contribution is -0.133. The summed E-state index contributed by atoms with van der Waals surface area (Å²) in [5, 5.41) is 5.70. The van der Waals surface area contributed by atoms with Gasteiger partial charge in [-0.1, -0.05) is 57.3 Å². The number of hydrogen-bond donors (Lipinski definition) is 2. The van der Waals surface area contributed by atoms with E-state index in [2.05, 4.69) is 26.6 Å². The Morgan fingerprint density at radius 1 is 1.19 bits per heavy atom. The van der Waals surface area contributed by atoms with Crippen LogP contribution in [0.3, 0.4) is 0 Å². The molecule has 1 aliphatic heterocycles. The molecule has 4 amide bonds. The van der Waals surface area contributed by atoms with Crippen LogP contribution in [0, 0.1) is 0 Å². The predicted molar refractivity (Wildman–Crippen MR) is 107 cm³/mol. The third kappa shape index (κ3) is 3.81. The molecule has 3 rings (SSSR count). The highest BCUT2D eigenvalue weighted by Crippen LogP contribution is 2.32. The molecule has 0 aromatic heterocycles. The first-order valence-electron chi connectivity index (χ1n) is 7.86. The minimum absolute atomic E-state index is 0.229. The number of benzene rings is 2. The van der Waals surface area contributed by atoms with Crippen molar-refractivity contribution in [1.29, 1.82) is 0 Å². The van der Waals surface area contributed by atoms with Crippen LogP contribution < -0.4 is 10.6 Å². The first-order chi connectivity index (χ1) is 12.7. The third-order valence-corrected chi connectivity index (χ3v) is 5.33. The minimum atomic E-state index is -1.26. The normalized spacial score (nSPS) is 19.2. The van der Waals surface area contributed by atoms with E-state index in [0.717, 1.165) is 9.37 Å². The van der Waals surface area contributed by atoms with E-state index in [9.17, 15) is 14.4 Å². The molecule has 0 bridgehead atoms. The van der Waals surface area contributed by atoms with Crippen LogP contribution in [0.1, 0.15) is 12.5 Å². The number of para-hydroxylation sites is 1. The lowest BCUT2D eigenvalue weighted by Gasteiger charge is -2.22. The van der Waals surface area contributed by atoms with Gasteiger partial charge >= 0.3 is 6.03 Å². The van der Waals surface area contributed by atoms with Gasteiger partial charge in [-0.25, -0.2) is 4.79 Å². The van der Waals surface area contributed by atoms with Gasteiger partial charge in [-0.2, -0.15) is 0 Å². The van der Waals surface area contributed by atoms with Gasteiger partial charge in [0.25, 0.3) is 5.91 Å². The molecule has 2 N–H and O–H groups in total. The van der Waals surface area contributed by atoms with Gasteiger partial charge in [-0.15, -0.1) is 0 Å². The highest BCUT2D eigenvalue weighted by Gasteiger charge is 2.49. The molecule has 2 aromatic rings. The monoisotopic (exact) mass is 469 g/mol. The molecule has 6 nitrogen and oxygen atoms in total. The van der Waals surface area contributed by atoms with Gasteiger partial charge in [-0.05, 0) is 36.8 Å². The lowest BCUT2D eigenvalue weighted by Crippen LogP contribution is -2.42. The fraction of sp³-hybridized carbons (Fsp3) is 0.167. The molecule has 27 heavy (non-hydrogen) atoms. The van der Waals surface area contributed by atoms with Crippen molar-refractivity contribution in [2.24, 2.45) is 0 Å². The number of hydrogen-bond acceptors (Lipinski definition) is 3. The molecular formula is C18H14BrCl2N3O3. The summed E-state index contributed by atoms with van der Waals surface area (Å²) in [6.07, 6.45) is 0. The topological polar surface area (TPSA) is 78.5 Å². The third-order valence-electron chi connectivity index (χ3n) is 4.21. The summed E-state index contributed by atoms with van der Waals surface area (Å²) in [6.45, 7) is 1.13. The molecule has 9 heteroatoms. The van der Waals surface area contributed by atoms with Crippen molar-refractivity contribution >= 4 is 62.7 Å². The zero-order chi connectivity index (χ0) is 19.8. The molecule has 1 saturated heterocycles. The number of carbonyl (C=O) groups is 3. The highest BCUT2D eigenvalue weighted by atomic mass is 79.9. The van der Waals surface area contributed by atoms with Crippen LogP contribution in [-0.4, -0.2) is 29.3 Å². The molecule has 1 heterocycles. The van der Waals surface area contributed by atoms with Crippen LogP contribution in [0.5, 0.6) is 0 Å². The zero-order valence-corrected chi connectivity index (χ0v) is 17.2. The van der Waals surface area contributed by atoms with Crippen molar-refractivity contribution in [3.05, 3.63) is 62.5 Å². The number of urea groups is 1. The molecule has 140 valence electrons. The fourth-order valence-electron chi connectivity index (χ4n) is 2.78. The van der Waals surface area contributed by atoms with E-state index in [-0.39, 0.29) is 15.7 Å². The maximum absolute atomic E-state index is 12.9. The van der Waals surface area contributed by atoms with Gasteiger partial charge in [0.2, 0.25) is 5.91 Å². The van der Waals surface area contributed by atoms with Crippen molar-refractivity contribution in [1.82, 2.24) is 10.2 Å². The Balaban J connectivity index is 1.79. The van der Waals surface area contributed by atoms with Crippen molar-refractivity contribution in [2.75, 3.05) is 11.9 Å². The quantitative estimate of drug-likeness (QED) is 0.658. The molecule has 1 unspecified atom stereocenters. The van der Waals surface area contributed by atoms with Crippen molar-refractivity contribution in [3.63, 3.8) is 0 Å². The van der Waals surface area contributed by atoms with Crippen LogP contribution in [0.25, 0.3) is 0 Å². The van der Waals surface area contributed by atoms with E-state index >= 15 is 0 Å². The van der Waals surface area contributed by atoms with Crippen molar-refractivity contribution in [2.45, 2.75) is 12.5 Å². The fourth-order valence-corrected chi connectivity index (χ4v) is 3.67. The summed E-state index contributed by atoms with van der Waals surface area (Å²) >= 11 is 15.4. The first-order valence-corrected chi connectivity index (χ1v) is 9.41. The van der Waals surface area contributed by atoms with E-state index in [1.807, 2.05) is 6.07 Å². The molecule has 0 spiro atoms. The number of imide groups is 1. The van der Waals surface area contributed by atoms with Crippen LogP contribution in [0.4, 0.5) is 10.5 Å². The maximum Gasteiger partial charge on any atom is 0.325 e. The Morgan fingerprint density at radius 3 is 2.44 bits per heavy atom. The number of nitrogens with one attached hydrogen (secondary N) is 2. The van der Waals surface area contributed by atoms with E-state index in [1.54, 1.807) is 43.3 Å². The van der Waals surface area contributed by atoms with Crippen molar-refractivity contribution in [3.8, 4) is 0 Å². The molecule has 0 aliphatic carbocycles. The zero-order valence-electron chi connectivity index (χ0n) is 14.1. The Bertz CT molecular complexity index is 933. The van der Waals surface area contributed by atoms with Gasteiger partial charge < -0.3 is 10.6 Å². The minimum Gasteiger partial charge on any atom is -0.322 e. The Labute approximate surface area is 173 Å². The predicted octanol–water partition coefficient (Wildman–Crippen LogP) is 4.16. The van der Waals surface area contributed by atoms with Crippen LogP contribution in [0.2, 0.25) is 10.0 Å². The van der Waals surface area contributed by atoms with Crippen molar-refractivity contribution < 1.29 is 14.4 Å². The average Bonchev–Trinajstić information content (AvgIpc) is 2.82. The molecule has 1 aliphatic rings. The van der Waals surface area contributed by atoms with Crippen LogP contribution >= 0.6 is 39.1 Å². The number of anilines is 1. The Kier molecular flexibility index (Phi) is 5.46. The molecule has 0 saturated carbocycles. The number of nitrogens with zero attached hydrogens (tertiary/aromatic N) is 1. The number of carbonyl (C=O) groups excluding carboxylic acids is 3. The van der Waals surface area contributed by atoms with Gasteiger partial charge in [0.15, 0.2) is 0 Å². The van der Waals surface area contributed by atoms with Gasteiger partial charge in [0.1, 0.15) is 12.1 Å². The van der Waals surface area contributed by atoms with E-state index in [0.29, 0.717) is 5.56 Å². The van der Waals surface area contributed by atoms with E-state index in [1.165, 1.54) is 0 Å². The first kappa shape index (κ1) is 19.7. The smallest absolute Gasteiger partial charge is 0.322 e. The Hall–Kier alpha value is -2.09. The largest absolute Gasteiger partial charge is 0.325 e. The average molecular weight is 471 g/mol. The molecule has 1 fully saturated rings. The SMILES string of the molecule is CC1(c2cccc(Br)c2)NC(=O)N(CC(=O)Nc2c(Cl)cccc2Cl)C1=O. The summed E-state index contributed by atoms with van der Waals surface area (Å²) < 4.78 is 0.771. The molecule has 1 atom stereocenters. The summed E-state index contributed by atoms with van der Waals surface area (Å²) in [6, 6.07) is 11.2. The van der Waals surface area contributed by atoms with Gasteiger partial charge in [-0.3, -0.25) is 14.5 Å². The van der Waals surface area contributed by atoms with Gasteiger partial charge in [0, 0.05) is 4.47 Å². The Morgan fingerprint density at radius 2 is 1.81 bits per heavy atom. The summed E-state index contributed by atoms with van der Waals surface area (Å²) in [4.78, 5) is 38.4. The standard InChI is InChI=1S/C18H14BrCl2N3O3/c1-18(10-4-2-5-11(19)8-10)16(26)24(17(27)23-18)9-14(25)22-15-12(20)6-3-7-13(15)21/h2-8H,9H2,1H3,(H,22,25)(H,23,27). The van der Waals surface area contributed by atoms with E-state index < -0.39 is 29.9 Å². The number of amides is 4. The summed E-state index contributed by atoms with van der Waals surface area (Å²) in [5.74, 6) is -1.11. The number of halogens is 3. The second kappa shape index (κ2) is 7.50. The lowest BCUT2D eigenvalue weighted by atomic mass is 9.92. The second-order valence-corrected chi connectivity index (χ2v) is 7.83. The van der Waals surface area contributed by atoms with E-state index in [4.69, 9.17) is 23.2 Å². The highest BCUT2D eigenvalue weighted by molar-refractivity contribution is 9.10.